The fraction of sp³-hybridized carbons (Fsp3) is 0.0952. The molecule has 1 heterocycles. The van der Waals surface area contributed by atoms with Crippen molar-refractivity contribution in [3.63, 3.8) is 0 Å². The van der Waals surface area contributed by atoms with Gasteiger partial charge in [0.25, 0.3) is 5.91 Å². The zero-order chi connectivity index (χ0) is 21.1. The molecule has 0 spiro atoms. The number of nitrogens with zero attached hydrogens (tertiary/aromatic N) is 1. The molecule has 29 heavy (non-hydrogen) atoms. The molecular weight excluding hydrogens is 400 g/mol. The van der Waals surface area contributed by atoms with Crippen LogP contribution < -0.4 is 10.6 Å². The normalized spacial score (nSPS) is 10.5. The van der Waals surface area contributed by atoms with Gasteiger partial charge in [-0.25, -0.2) is 18.6 Å². The molecule has 0 bridgehead atoms. The van der Waals surface area contributed by atoms with Gasteiger partial charge in [-0.05, 0) is 55.3 Å². The molecule has 0 aliphatic heterocycles. The number of pyridine rings is 1. The molecule has 5 nitrogen and oxygen atoms in total. The summed E-state index contributed by atoms with van der Waals surface area (Å²) in [4.78, 5) is 28.8. The van der Waals surface area contributed by atoms with Crippen molar-refractivity contribution in [2.75, 3.05) is 5.32 Å². The highest BCUT2D eigenvalue weighted by Gasteiger charge is 2.20. The maximum Gasteiger partial charge on any atom is 0.327 e. The molecule has 0 saturated carbocycles. The van der Waals surface area contributed by atoms with Gasteiger partial charge in [-0.1, -0.05) is 29.8 Å². The number of hydrogen-bond donors (Lipinski definition) is 2. The Kier molecular flexibility index (Phi) is 5.89. The predicted octanol–water partition coefficient (Wildman–Crippen LogP) is 5.26. The number of benzene rings is 2. The van der Waals surface area contributed by atoms with Crippen molar-refractivity contribution in [2.45, 2.75) is 13.8 Å². The molecule has 0 fully saturated rings. The van der Waals surface area contributed by atoms with Gasteiger partial charge in [0.2, 0.25) is 0 Å². The zero-order valence-corrected chi connectivity index (χ0v) is 16.3. The Bertz CT molecular complexity index is 1080. The van der Waals surface area contributed by atoms with E-state index in [-0.39, 0.29) is 5.82 Å². The van der Waals surface area contributed by atoms with Crippen LogP contribution in [0.15, 0.2) is 48.5 Å². The standard InChI is InChI=1S/C21H16ClF2N3O2/c1-11-10-12(2)25-19(17(11)13-6-8-14(22)9-7-13)26-21(29)27-20(28)18-15(23)4-3-5-16(18)24/h3-10H,1-2H3,(H2,25,26,27,28,29). The molecule has 0 radical (unpaired) electrons. The second kappa shape index (κ2) is 8.36. The quantitative estimate of drug-likeness (QED) is 0.613. The van der Waals surface area contributed by atoms with Gasteiger partial charge in [0, 0.05) is 16.3 Å². The van der Waals surface area contributed by atoms with Crippen molar-refractivity contribution in [2.24, 2.45) is 0 Å². The van der Waals surface area contributed by atoms with E-state index in [0.717, 1.165) is 29.3 Å². The first-order chi connectivity index (χ1) is 13.8. The average molecular weight is 416 g/mol. The van der Waals surface area contributed by atoms with Crippen molar-refractivity contribution < 1.29 is 18.4 Å². The van der Waals surface area contributed by atoms with Crippen LogP contribution in [-0.4, -0.2) is 16.9 Å². The third kappa shape index (κ3) is 4.57. The van der Waals surface area contributed by atoms with Crippen LogP contribution >= 0.6 is 11.6 Å². The van der Waals surface area contributed by atoms with Crippen molar-refractivity contribution >= 4 is 29.4 Å². The van der Waals surface area contributed by atoms with Crippen LogP contribution in [0.5, 0.6) is 0 Å². The maximum atomic E-state index is 13.7. The largest absolute Gasteiger partial charge is 0.327 e. The van der Waals surface area contributed by atoms with Gasteiger partial charge in [-0.2, -0.15) is 0 Å². The van der Waals surface area contributed by atoms with Gasteiger partial charge in [0.15, 0.2) is 0 Å². The number of nitrogens with one attached hydrogen (secondary N) is 2. The van der Waals surface area contributed by atoms with Crippen LogP contribution in [0.3, 0.4) is 0 Å². The highest BCUT2D eigenvalue weighted by atomic mass is 35.5. The number of aromatic nitrogens is 1. The zero-order valence-electron chi connectivity index (χ0n) is 15.5. The molecule has 0 atom stereocenters. The van der Waals surface area contributed by atoms with Crippen molar-refractivity contribution in [3.8, 4) is 11.1 Å². The lowest BCUT2D eigenvalue weighted by Crippen LogP contribution is -2.35. The van der Waals surface area contributed by atoms with E-state index < -0.39 is 29.1 Å². The Morgan fingerprint density at radius 3 is 2.24 bits per heavy atom. The van der Waals surface area contributed by atoms with Crippen LogP contribution in [0.1, 0.15) is 21.6 Å². The first kappa shape index (κ1) is 20.4. The molecule has 0 aliphatic carbocycles. The van der Waals surface area contributed by atoms with E-state index in [9.17, 15) is 18.4 Å². The third-order valence-electron chi connectivity index (χ3n) is 4.13. The fourth-order valence-corrected chi connectivity index (χ4v) is 3.05. The van der Waals surface area contributed by atoms with Gasteiger partial charge in [-0.15, -0.1) is 0 Å². The van der Waals surface area contributed by atoms with Crippen molar-refractivity contribution in [1.82, 2.24) is 10.3 Å². The SMILES string of the molecule is Cc1cc(C)c(-c2ccc(Cl)cc2)c(NC(=O)NC(=O)c2c(F)cccc2F)n1. The van der Waals surface area contributed by atoms with Gasteiger partial charge in [0.1, 0.15) is 23.0 Å². The summed E-state index contributed by atoms with van der Waals surface area (Å²) < 4.78 is 27.5. The topological polar surface area (TPSA) is 71.1 Å². The molecule has 0 aliphatic rings. The minimum absolute atomic E-state index is 0.198. The number of carbonyl (C=O) groups is 2. The van der Waals surface area contributed by atoms with Crippen molar-refractivity contribution in [1.29, 1.82) is 0 Å². The molecule has 2 aromatic carbocycles. The van der Waals surface area contributed by atoms with Crippen LogP contribution in [0.2, 0.25) is 5.02 Å². The molecule has 3 aromatic rings. The lowest BCUT2D eigenvalue weighted by molar-refractivity contribution is 0.0959. The molecule has 2 N–H and O–H groups in total. The van der Waals surface area contributed by atoms with E-state index in [2.05, 4.69) is 10.3 Å². The molecule has 3 rings (SSSR count). The van der Waals surface area contributed by atoms with E-state index in [0.29, 0.717) is 16.3 Å². The summed E-state index contributed by atoms with van der Waals surface area (Å²) in [5, 5.41) is 4.96. The minimum Gasteiger partial charge on any atom is -0.291 e. The highest BCUT2D eigenvalue weighted by Crippen LogP contribution is 2.31. The van der Waals surface area contributed by atoms with Crippen LogP contribution in [0, 0.1) is 25.5 Å². The summed E-state index contributed by atoms with van der Waals surface area (Å²) >= 11 is 5.94. The number of urea groups is 1. The number of imide groups is 1. The molecule has 3 amide bonds. The summed E-state index contributed by atoms with van der Waals surface area (Å²) in [6.45, 7) is 3.60. The lowest BCUT2D eigenvalue weighted by Gasteiger charge is -2.15. The van der Waals surface area contributed by atoms with E-state index in [1.807, 2.05) is 18.3 Å². The first-order valence-corrected chi connectivity index (χ1v) is 8.94. The maximum absolute atomic E-state index is 13.7. The van der Waals surface area contributed by atoms with Gasteiger partial charge in [0.05, 0.1) is 0 Å². The Hall–Kier alpha value is -3.32. The number of aryl methyl sites for hydroxylation is 2. The predicted molar refractivity (Wildman–Crippen MR) is 107 cm³/mol. The molecule has 148 valence electrons. The van der Waals surface area contributed by atoms with Crippen LogP contribution in [-0.2, 0) is 0 Å². The summed E-state index contributed by atoms with van der Waals surface area (Å²) in [6.07, 6.45) is 0. The second-order valence-corrected chi connectivity index (χ2v) is 6.75. The number of halogens is 3. The smallest absolute Gasteiger partial charge is 0.291 e. The number of rotatable bonds is 3. The van der Waals surface area contributed by atoms with Crippen LogP contribution in [0.25, 0.3) is 11.1 Å². The van der Waals surface area contributed by atoms with E-state index in [4.69, 9.17) is 11.6 Å². The number of carbonyl (C=O) groups excluding carboxylic acids is 2. The molecule has 1 aromatic heterocycles. The Morgan fingerprint density at radius 1 is 1.00 bits per heavy atom. The number of anilines is 1. The lowest BCUT2D eigenvalue weighted by atomic mass is 10.0. The highest BCUT2D eigenvalue weighted by molar-refractivity contribution is 6.30. The van der Waals surface area contributed by atoms with E-state index in [1.165, 1.54) is 0 Å². The summed E-state index contributed by atoms with van der Waals surface area (Å²) in [5.74, 6) is -3.14. The summed E-state index contributed by atoms with van der Waals surface area (Å²) in [7, 11) is 0. The summed E-state index contributed by atoms with van der Waals surface area (Å²) in [5.41, 5.74) is 2.02. The van der Waals surface area contributed by atoms with E-state index >= 15 is 0 Å². The number of hydrogen-bond acceptors (Lipinski definition) is 3. The minimum atomic E-state index is -1.20. The molecule has 0 unspecified atom stereocenters. The Balaban J connectivity index is 1.89. The fourth-order valence-electron chi connectivity index (χ4n) is 2.93. The number of amides is 3. The van der Waals surface area contributed by atoms with Gasteiger partial charge >= 0.3 is 6.03 Å². The van der Waals surface area contributed by atoms with E-state index in [1.54, 1.807) is 31.2 Å². The third-order valence-corrected chi connectivity index (χ3v) is 4.38. The molecule has 0 saturated heterocycles. The first-order valence-electron chi connectivity index (χ1n) is 8.57. The second-order valence-electron chi connectivity index (χ2n) is 6.32. The van der Waals surface area contributed by atoms with Crippen LogP contribution in [0.4, 0.5) is 19.4 Å². The van der Waals surface area contributed by atoms with Crippen molar-refractivity contribution in [3.05, 3.63) is 82.0 Å². The molecular formula is C21H16ClF2N3O2. The summed E-state index contributed by atoms with van der Waals surface area (Å²) in [6, 6.07) is 10.8. The van der Waals surface area contributed by atoms with Gasteiger partial charge < -0.3 is 0 Å². The Labute approximate surface area is 170 Å². The average Bonchev–Trinajstić information content (AvgIpc) is 2.62. The monoisotopic (exact) mass is 415 g/mol. The Morgan fingerprint density at radius 2 is 1.62 bits per heavy atom. The van der Waals surface area contributed by atoms with Gasteiger partial charge in [-0.3, -0.25) is 15.4 Å². The molecule has 8 heteroatoms.